The van der Waals surface area contributed by atoms with Crippen molar-refractivity contribution in [3.05, 3.63) is 65.2 Å². The molecule has 0 saturated carbocycles. The number of anilines is 1. The van der Waals surface area contributed by atoms with Crippen LogP contribution in [0.3, 0.4) is 0 Å². The van der Waals surface area contributed by atoms with Crippen molar-refractivity contribution >= 4 is 23.4 Å². The monoisotopic (exact) mass is 441 g/mol. The molecular weight excluding hydrogens is 425 g/mol. The van der Waals surface area contributed by atoms with Gasteiger partial charge in [-0.2, -0.15) is 23.3 Å². The number of benzene rings is 2. The number of nitriles is 1. The molecule has 10 heteroatoms. The van der Waals surface area contributed by atoms with Gasteiger partial charge in [-0.3, -0.25) is 9.59 Å². The van der Waals surface area contributed by atoms with E-state index in [2.05, 4.69) is 0 Å². The first kappa shape index (κ1) is 20.4. The van der Waals surface area contributed by atoms with Gasteiger partial charge in [0.25, 0.3) is 5.91 Å². The third kappa shape index (κ3) is 2.65. The van der Waals surface area contributed by atoms with Crippen molar-refractivity contribution in [1.82, 2.24) is 4.90 Å². The lowest BCUT2D eigenvalue weighted by atomic mass is 9.99. The number of rotatable bonds is 3. The molecule has 2 aromatic rings. The summed E-state index contributed by atoms with van der Waals surface area (Å²) in [4.78, 5) is 42.6. The van der Waals surface area contributed by atoms with Crippen LogP contribution in [-0.2, 0) is 11.0 Å². The molecule has 0 aliphatic carbocycles. The summed E-state index contributed by atoms with van der Waals surface area (Å²) in [5.41, 5.74) is -1.66. The molecule has 32 heavy (non-hydrogen) atoms. The molecule has 3 heterocycles. The number of Topliss-reactive ketones (excluding diaryl/α,β-unsaturated/α-hetero) is 1. The quantitative estimate of drug-likeness (QED) is 0.416. The zero-order chi connectivity index (χ0) is 22.8. The fraction of sp³-hybridized carbons (Fsp3) is 0.273. The van der Waals surface area contributed by atoms with Crippen LogP contribution < -0.4 is 4.90 Å². The molecule has 4 unspecified atom stereocenters. The third-order valence-electron chi connectivity index (χ3n) is 6.51. The number of alkyl halides is 3. The summed E-state index contributed by atoms with van der Waals surface area (Å²) in [5, 5.41) is 9.02. The molecule has 3 aliphatic heterocycles. The summed E-state index contributed by atoms with van der Waals surface area (Å²) >= 11 is 0. The highest BCUT2D eigenvalue weighted by molar-refractivity contribution is 6.19. The molecule has 162 valence electrons. The molecule has 2 aromatic carbocycles. The van der Waals surface area contributed by atoms with Gasteiger partial charge in [0.05, 0.1) is 36.0 Å². The lowest BCUT2D eigenvalue weighted by molar-refractivity contribution is -0.852. The molecular formula is C22H16F3N4O3+. The molecule has 3 aliphatic rings. The van der Waals surface area contributed by atoms with Gasteiger partial charge in [0.2, 0.25) is 5.78 Å². The number of fused-ring (bicyclic) bond motifs is 1. The van der Waals surface area contributed by atoms with E-state index in [4.69, 9.17) is 5.26 Å². The molecule has 4 atom stereocenters. The third-order valence-corrected chi connectivity index (χ3v) is 6.51. The summed E-state index contributed by atoms with van der Waals surface area (Å²) in [6.07, 6.45) is -4.83. The van der Waals surface area contributed by atoms with E-state index in [0.717, 1.165) is 17.0 Å². The summed E-state index contributed by atoms with van der Waals surface area (Å²) in [6.45, 7) is 0.692. The Labute approximate surface area is 180 Å². The largest absolute Gasteiger partial charge is 0.433 e. The summed E-state index contributed by atoms with van der Waals surface area (Å²) in [5.74, 6) is -0.919. The Bertz CT molecular complexity index is 1210. The normalized spacial score (nSPS) is 28.7. The second-order valence-electron chi connectivity index (χ2n) is 8.17. The Morgan fingerprint density at radius 1 is 1.09 bits per heavy atom. The highest BCUT2D eigenvalue weighted by Gasteiger charge is 2.73. The lowest BCUT2D eigenvalue weighted by Crippen LogP contribution is -2.62. The van der Waals surface area contributed by atoms with Gasteiger partial charge in [0.15, 0.2) is 12.1 Å². The van der Waals surface area contributed by atoms with Gasteiger partial charge in [-0.05, 0) is 18.2 Å². The van der Waals surface area contributed by atoms with Crippen LogP contribution in [-0.4, -0.2) is 58.9 Å². The molecule has 3 fully saturated rings. The number of amides is 3. The predicted molar refractivity (Wildman–Crippen MR) is 104 cm³/mol. The molecule has 0 N–H and O–H groups in total. The summed E-state index contributed by atoms with van der Waals surface area (Å²) < 4.78 is 39.9. The van der Waals surface area contributed by atoms with Crippen LogP contribution in [0.2, 0.25) is 0 Å². The zero-order valence-corrected chi connectivity index (χ0v) is 16.5. The van der Waals surface area contributed by atoms with E-state index in [1.165, 1.54) is 6.07 Å². The average molecular weight is 441 g/mol. The number of urea groups is 1. The first-order valence-corrected chi connectivity index (χ1v) is 9.87. The average Bonchev–Trinajstić information content (AvgIpc) is 3.41. The first-order valence-electron chi connectivity index (χ1n) is 9.87. The van der Waals surface area contributed by atoms with Crippen molar-refractivity contribution in [3.8, 4) is 6.07 Å². The highest BCUT2D eigenvalue weighted by Crippen LogP contribution is 2.45. The van der Waals surface area contributed by atoms with Gasteiger partial charge < -0.3 is 0 Å². The maximum absolute atomic E-state index is 13.6. The van der Waals surface area contributed by atoms with Gasteiger partial charge in [-0.1, -0.05) is 30.3 Å². The van der Waals surface area contributed by atoms with E-state index < -0.39 is 45.8 Å². The van der Waals surface area contributed by atoms with Crippen molar-refractivity contribution in [1.29, 1.82) is 5.26 Å². The molecule has 3 saturated heterocycles. The zero-order valence-electron chi connectivity index (χ0n) is 16.5. The smallest absolute Gasteiger partial charge is 0.287 e. The van der Waals surface area contributed by atoms with Crippen molar-refractivity contribution < 1.29 is 32.0 Å². The van der Waals surface area contributed by atoms with Gasteiger partial charge in [-0.15, -0.1) is 0 Å². The number of ketones is 1. The van der Waals surface area contributed by atoms with E-state index in [9.17, 15) is 27.6 Å². The summed E-state index contributed by atoms with van der Waals surface area (Å²) in [6, 6.07) is 10.3. The van der Waals surface area contributed by atoms with Crippen LogP contribution in [0.4, 0.5) is 23.7 Å². The van der Waals surface area contributed by atoms with Crippen LogP contribution in [0.1, 0.15) is 21.5 Å². The van der Waals surface area contributed by atoms with Crippen molar-refractivity contribution in [2.75, 3.05) is 24.7 Å². The number of quaternary nitrogens is 1. The second kappa shape index (κ2) is 6.72. The van der Waals surface area contributed by atoms with E-state index >= 15 is 0 Å². The lowest BCUT2D eigenvalue weighted by Gasteiger charge is -2.32. The van der Waals surface area contributed by atoms with Crippen LogP contribution in [0.25, 0.3) is 0 Å². The second-order valence-corrected chi connectivity index (χ2v) is 8.17. The van der Waals surface area contributed by atoms with Crippen molar-refractivity contribution in [2.45, 2.75) is 18.3 Å². The standard InChI is InChI=1S/C22H16F3N4O3/c23-22(24,25)16-8-15(7-6-14(16)9-26)28-20(31)18-11-27-10-17(29(18,12-27)21(28)32)19(30)13-4-2-1-3-5-13/h1-8,17-18H,10-12H2/q+1. The molecule has 1 spiro atoms. The van der Waals surface area contributed by atoms with E-state index in [-0.39, 0.29) is 31.2 Å². The number of carbonyl (C=O) groups excluding carboxylic acids is 3. The Morgan fingerprint density at radius 3 is 2.47 bits per heavy atom. The van der Waals surface area contributed by atoms with Gasteiger partial charge >= 0.3 is 12.2 Å². The predicted octanol–water partition coefficient (Wildman–Crippen LogP) is 2.77. The number of hydrogen-bond acceptors (Lipinski definition) is 5. The number of piperazine rings is 1. The molecule has 2 bridgehead atoms. The van der Waals surface area contributed by atoms with E-state index in [0.29, 0.717) is 11.6 Å². The number of hydrogen-bond donors (Lipinski definition) is 0. The van der Waals surface area contributed by atoms with Crippen LogP contribution in [0.5, 0.6) is 0 Å². The van der Waals surface area contributed by atoms with Gasteiger partial charge in [0, 0.05) is 5.56 Å². The fourth-order valence-corrected chi connectivity index (χ4v) is 5.08. The Kier molecular flexibility index (Phi) is 4.28. The van der Waals surface area contributed by atoms with Crippen LogP contribution >= 0.6 is 0 Å². The number of carbonyl (C=O) groups is 3. The molecule has 7 nitrogen and oxygen atoms in total. The Morgan fingerprint density at radius 2 is 1.81 bits per heavy atom. The first-order chi connectivity index (χ1) is 15.2. The Hall–Kier alpha value is -3.55. The molecule has 0 aromatic heterocycles. The van der Waals surface area contributed by atoms with Gasteiger partial charge in [0.1, 0.15) is 6.67 Å². The van der Waals surface area contributed by atoms with Crippen molar-refractivity contribution in [3.63, 3.8) is 0 Å². The number of nitrogens with zero attached hydrogens (tertiary/aromatic N) is 4. The topological polar surface area (TPSA) is 81.5 Å². The fourth-order valence-electron chi connectivity index (χ4n) is 5.08. The molecule has 5 rings (SSSR count). The molecule has 0 radical (unpaired) electrons. The van der Waals surface area contributed by atoms with Crippen LogP contribution in [0.15, 0.2) is 48.5 Å². The molecule has 3 amide bonds. The highest BCUT2D eigenvalue weighted by atomic mass is 19.4. The van der Waals surface area contributed by atoms with Crippen molar-refractivity contribution in [2.24, 2.45) is 0 Å². The van der Waals surface area contributed by atoms with E-state index in [1.54, 1.807) is 30.3 Å². The minimum absolute atomic E-state index is 0.150. The number of halogens is 3. The number of imide groups is 1. The minimum Gasteiger partial charge on any atom is -0.287 e. The Balaban J connectivity index is 1.57. The van der Waals surface area contributed by atoms with E-state index in [1.807, 2.05) is 4.90 Å². The SMILES string of the molecule is N#Cc1ccc(N2C(=O)C3CN4CC(C(=O)c5ccccc5)[N+]3(C4)C2=O)cc1C(F)(F)F. The minimum atomic E-state index is -4.83. The maximum atomic E-state index is 13.6. The van der Waals surface area contributed by atoms with Crippen LogP contribution in [0, 0.1) is 11.3 Å². The maximum Gasteiger partial charge on any atom is 0.433 e. The summed E-state index contributed by atoms with van der Waals surface area (Å²) in [7, 11) is 0. The van der Waals surface area contributed by atoms with Gasteiger partial charge in [-0.25, -0.2) is 14.2 Å².